The fourth-order valence-electron chi connectivity index (χ4n) is 3.43. The molecule has 1 aromatic carbocycles. The van der Waals surface area contributed by atoms with Crippen LogP contribution in [-0.2, 0) is 14.3 Å². The first-order valence-corrected chi connectivity index (χ1v) is 8.89. The van der Waals surface area contributed by atoms with Crippen molar-refractivity contribution in [2.75, 3.05) is 33.4 Å². The van der Waals surface area contributed by atoms with E-state index in [-0.39, 0.29) is 18.0 Å². The van der Waals surface area contributed by atoms with Crippen molar-refractivity contribution in [1.82, 2.24) is 5.32 Å². The molecule has 1 saturated carbocycles. The van der Waals surface area contributed by atoms with Crippen LogP contribution >= 0.6 is 0 Å². The quantitative estimate of drug-likeness (QED) is 0.614. The molecule has 132 valence electrons. The van der Waals surface area contributed by atoms with E-state index in [9.17, 15) is 4.79 Å². The molecule has 24 heavy (non-hydrogen) atoms. The minimum Gasteiger partial charge on any atom is -0.491 e. The van der Waals surface area contributed by atoms with E-state index in [0.717, 1.165) is 31.7 Å². The fraction of sp³-hybridized carbons (Fsp3) is 0.632. The van der Waals surface area contributed by atoms with Crippen LogP contribution in [0.5, 0.6) is 5.75 Å². The van der Waals surface area contributed by atoms with Gasteiger partial charge in [-0.3, -0.25) is 4.79 Å². The monoisotopic (exact) mass is 333 g/mol. The van der Waals surface area contributed by atoms with Crippen molar-refractivity contribution in [2.45, 2.75) is 37.7 Å². The normalized spacial score (nSPS) is 24.2. The number of hydrogen-bond acceptors (Lipinski definition) is 5. The lowest BCUT2D eigenvalue weighted by molar-refractivity contribution is -0.155. The summed E-state index contributed by atoms with van der Waals surface area (Å²) in [6.07, 6.45) is 4.11. The largest absolute Gasteiger partial charge is 0.491 e. The number of ether oxygens (including phenoxy) is 3. The Labute approximate surface area is 143 Å². The van der Waals surface area contributed by atoms with Crippen molar-refractivity contribution in [3.8, 4) is 5.75 Å². The number of hydrogen-bond donors (Lipinski definition) is 1. The molecule has 2 aliphatic rings. The molecule has 1 aliphatic carbocycles. The number of esters is 1. The number of methoxy groups -OCH3 is 1. The zero-order valence-electron chi connectivity index (χ0n) is 14.3. The van der Waals surface area contributed by atoms with Crippen LogP contribution in [0.25, 0.3) is 0 Å². The molecule has 1 aromatic rings. The molecular formula is C19H27NO4. The predicted octanol–water partition coefficient (Wildman–Crippen LogP) is 2.50. The molecule has 1 saturated heterocycles. The maximum atomic E-state index is 11.3. The van der Waals surface area contributed by atoms with E-state index in [1.54, 1.807) is 0 Å². The molecule has 3 rings (SSSR count). The summed E-state index contributed by atoms with van der Waals surface area (Å²) in [6.45, 7) is 3.30. The second kappa shape index (κ2) is 8.49. The van der Waals surface area contributed by atoms with Gasteiger partial charge in [-0.25, -0.2) is 0 Å². The molecule has 0 amide bonds. The molecule has 1 heterocycles. The average Bonchev–Trinajstić information content (AvgIpc) is 2.60. The predicted molar refractivity (Wildman–Crippen MR) is 91.3 cm³/mol. The fourth-order valence-corrected chi connectivity index (χ4v) is 3.43. The van der Waals surface area contributed by atoms with Gasteiger partial charge in [-0.05, 0) is 62.4 Å². The zero-order chi connectivity index (χ0) is 16.8. The van der Waals surface area contributed by atoms with E-state index >= 15 is 0 Å². The third-order valence-electron chi connectivity index (χ3n) is 5.03. The third kappa shape index (κ3) is 4.48. The number of rotatable bonds is 7. The average molecular weight is 333 g/mol. The van der Waals surface area contributed by atoms with Crippen LogP contribution in [0.3, 0.4) is 0 Å². The highest BCUT2D eigenvalue weighted by atomic mass is 16.5. The summed E-state index contributed by atoms with van der Waals surface area (Å²) in [5, 5.41) is 3.40. The van der Waals surface area contributed by atoms with Crippen LogP contribution in [0, 0.1) is 5.92 Å². The van der Waals surface area contributed by atoms with E-state index in [1.807, 2.05) is 12.1 Å². The number of carbonyl (C=O) groups excluding carboxylic acids is 1. The maximum Gasteiger partial charge on any atom is 0.308 e. The second-order valence-corrected chi connectivity index (χ2v) is 6.63. The maximum absolute atomic E-state index is 11.3. The summed E-state index contributed by atoms with van der Waals surface area (Å²) >= 11 is 0. The Kier molecular flexibility index (Phi) is 6.10. The Morgan fingerprint density at radius 2 is 1.83 bits per heavy atom. The molecule has 0 bridgehead atoms. The van der Waals surface area contributed by atoms with Gasteiger partial charge in [-0.2, -0.15) is 0 Å². The Balaban J connectivity index is 1.32. The topological polar surface area (TPSA) is 56.8 Å². The van der Waals surface area contributed by atoms with Gasteiger partial charge >= 0.3 is 5.97 Å². The Morgan fingerprint density at radius 3 is 2.50 bits per heavy atom. The van der Waals surface area contributed by atoms with E-state index in [4.69, 9.17) is 14.2 Å². The highest BCUT2D eigenvalue weighted by Crippen LogP contribution is 2.31. The third-order valence-corrected chi connectivity index (χ3v) is 5.03. The Morgan fingerprint density at radius 1 is 1.12 bits per heavy atom. The molecule has 0 spiro atoms. The Hall–Kier alpha value is -1.59. The van der Waals surface area contributed by atoms with Gasteiger partial charge in [0, 0.05) is 0 Å². The van der Waals surface area contributed by atoms with Crippen molar-refractivity contribution >= 4 is 5.97 Å². The van der Waals surface area contributed by atoms with E-state index in [1.165, 1.54) is 25.5 Å². The van der Waals surface area contributed by atoms with Gasteiger partial charge in [-0.15, -0.1) is 0 Å². The van der Waals surface area contributed by atoms with Gasteiger partial charge in [-0.1, -0.05) is 12.1 Å². The molecule has 0 atom stereocenters. The van der Waals surface area contributed by atoms with Crippen molar-refractivity contribution in [3.05, 3.63) is 29.8 Å². The van der Waals surface area contributed by atoms with Gasteiger partial charge in [0.25, 0.3) is 0 Å². The van der Waals surface area contributed by atoms with Crippen LogP contribution in [0.2, 0.25) is 0 Å². The molecule has 0 unspecified atom stereocenters. The number of carbonyl (C=O) groups is 1. The molecule has 2 fully saturated rings. The summed E-state index contributed by atoms with van der Waals surface area (Å²) in [6, 6.07) is 8.46. The molecule has 1 aliphatic heterocycles. The summed E-state index contributed by atoms with van der Waals surface area (Å²) in [5.41, 5.74) is 1.41. The van der Waals surface area contributed by atoms with Gasteiger partial charge < -0.3 is 19.5 Å². The van der Waals surface area contributed by atoms with Crippen LogP contribution < -0.4 is 10.1 Å². The van der Waals surface area contributed by atoms with E-state index < -0.39 is 0 Å². The molecule has 5 nitrogen and oxygen atoms in total. The first-order valence-electron chi connectivity index (χ1n) is 8.89. The van der Waals surface area contributed by atoms with Crippen molar-refractivity contribution in [3.63, 3.8) is 0 Å². The second-order valence-electron chi connectivity index (χ2n) is 6.63. The van der Waals surface area contributed by atoms with Gasteiger partial charge in [0.1, 0.15) is 12.4 Å². The van der Waals surface area contributed by atoms with E-state index in [2.05, 4.69) is 17.4 Å². The summed E-state index contributed by atoms with van der Waals surface area (Å²) in [5.74, 6) is 1.45. The van der Waals surface area contributed by atoms with Gasteiger partial charge in [0.05, 0.1) is 25.7 Å². The highest BCUT2D eigenvalue weighted by Gasteiger charge is 2.35. The van der Waals surface area contributed by atoms with Crippen LogP contribution in [0.15, 0.2) is 24.3 Å². The van der Waals surface area contributed by atoms with Crippen molar-refractivity contribution in [1.29, 1.82) is 0 Å². The van der Waals surface area contributed by atoms with Crippen LogP contribution in [0.4, 0.5) is 0 Å². The number of benzene rings is 1. The Bertz CT molecular complexity index is 519. The van der Waals surface area contributed by atoms with Crippen LogP contribution in [-0.4, -0.2) is 45.5 Å². The lowest BCUT2D eigenvalue weighted by Crippen LogP contribution is -2.37. The smallest absolute Gasteiger partial charge is 0.308 e. The molecule has 1 N–H and O–H groups in total. The van der Waals surface area contributed by atoms with Crippen molar-refractivity contribution < 1.29 is 19.0 Å². The first-order chi connectivity index (χ1) is 11.8. The standard InChI is InChI=1S/C19H27NO4/c1-22-19(21)16-12-18(13-16)24-11-10-23-17-4-2-14(3-5-17)15-6-8-20-9-7-15/h2-5,15-16,18,20H,6-13H2,1H3. The van der Waals surface area contributed by atoms with Crippen LogP contribution in [0.1, 0.15) is 37.2 Å². The molecule has 5 heteroatoms. The number of nitrogens with one attached hydrogen (secondary N) is 1. The summed E-state index contributed by atoms with van der Waals surface area (Å²) in [7, 11) is 1.43. The molecule has 0 radical (unpaired) electrons. The highest BCUT2D eigenvalue weighted by molar-refractivity contribution is 5.73. The number of piperidine rings is 1. The molecule has 0 aromatic heterocycles. The minimum absolute atomic E-state index is 0.0171. The zero-order valence-corrected chi connectivity index (χ0v) is 14.3. The van der Waals surface area contributed by atoms with Crippen molar-refractivity contribution in [2.24, 2.45) is 5.92 Å². The summed E-state index contributed by atoms with van der Waals surface area (Å²) < 4.78 is 16.2. The first kappa shape index (κ1) is 17.2. The summed E-state index contributed by atoms with van der Waals surface area (Å²) in [4.78, 5) is 11.3. The minimum atomic E-state index is -0.125. The van der Waals surface area contributed by atoms with E-state index in [0.29, 0.717) is 19.1 Å². The van der Waals surface area contributed by atoms with Gasteiger partial charge in [0.2, 0.25) is 0 Å². The molecular weight excluding hydrogens is 306 g/mol. The SMILES string of the molecule is COC(=O)C1CC(OCCOc2ccc(C3CCNCC3)cc2)C1. The lowest BCUT2D eigenvalue weighted by Gasteiger charge is -2.32. The van der Waals surface area contributed by atoms with Gasteiger partial charge in [0.15, 0.2) is 0 Å². The lowest BCUT2D eigenvalue weighted by atomic mass is 9.82.